The van der Waals surface area contributed by atoms with Crippen LogP contribution in [0, 0.1) is 11.3 Å². The zero-order valence-corrected chi connectivity index (χ0v) is 5.52. The van der Waals surface area contributed by atoms with E-state index in [0.29, 0.717) is 17.6 Å². The molecule has 0 radical (unpaired) electrons. The van der Waals surface area contributed by atoms with Crippen molar-refractivity contribution in [2.75, 3.05) is 0 Å². The van der Waals surface area contributed by atoms with E-state index in [9.17, 15) is 0 Å². The summed E-state index contributed by atoms with van der Waals surface area (Å²) in [6.45, 7) is 2.08. The number of nitrogens with two attached hydrogens (primary N) is 1. The van der Waals surface area contributed by atoms with Crippen LogP contribution in [0.4, 0.5) is 0 Å². The Kier molecular flexibility index (Phi) is 1.51. The van der Waals surface area contributed by atoms with Gasteiger partial charge in [0.05, 0.1) is 0 Å². The summed E-state index contributed by atoms with van der Waals surface area (Å²) in [6, 6.07) is 0. The average molecular weight is 125 g/mol. The second kappa shape index (κ2) is 2.17. The Morgan fingerprint density at radius 1 is 1.67 bits per heavy atom. The van der Waals surface area contributed by atoms with Gasteiger partial charge in [0.15, 0.2) is 0 Å². The van der Waals surface area contributed by atoms with Gasteiger partial charge in [0.2, 0.25) is 0 Å². The molecule has 50 valence electrons. The lowest BCUT2D eigenvalue weighted by Crippen LogP contribution is -2.23. The molecule has 1 unspecified atom stereocenters. The standard InChI is InChI=1S/C6H11N3/c1-4-2-5(7)9-6(8)3-4/h4H,2-3H2,1H3,(H3,7,8,9). The van der Waals surface area contributed by atoms with Crippen molar-refractivity contribution in [3.05, 3.63) is 0 Å². The van der Waals surface area contributed by atoms with Crippen LogP contribution < -0.4 is 5.73 Å². The van der Waals surface area contributed by atoms with E-state index < -0.39 is 0 Å². The Hall–Kier alpha value is -0.860. The molecule has 0 fully saturated rings. The van der Waals surface area contributed by atoms with Gasteiger partial charge in [-0.2, -0.15) is 0 Å². The van der Waals surface area contributed by atoms with E-state index in [4.69, 9.17) is 11.1 Å². The van der Waals surface area contributed by atoms with Crippen molar-refractivity contribution in [3.8, 4) is 0 Å². The van der Waals surface area contributed by atoms with Crippen LogP contribution in [-0.4, -0.2) is 11.7 Å². The van der Waals surface area contributed by atoms with Gasteiger partial charge in [-0.05, 0) is 5.92 Å². The lowest BCUT2D eigenvalue weighted by molar-refractivity contribution is 0.620. The molecule has 0 aromatic carbocycles. The highest BCUT2D eigenvalue weighted by molar-refractivity contribution is 5.97. The third kappa shape index (κ3) is 1.52. The Morgan fingerprint density at radius 2 is 2.33 bits per heavy atom. The Labute approximate surface area is 54.5 Å². The Morgan fingerprint density at radius 3 is 2.78 bits per heavy atom. The van der Waals surface area contributed by atoms with Crippen LogP contribution >= 0.6 is 0 Å². The molecule has 0 amide bonds. The quantitative estimate of drug-likeness (QED) is 0.493. The molecule has 0 aliphatic carbocycles. The largest absolute Gasteiger partial charge is 0.387 e. The monoisotopic (exact) mass is 125 g/mol. The molecule has 0 aromatic heterocycles. The van der Waals surface area contributed by atoms with Crippen LogP contribution in [0.2, 0.25) is 0 Å². The molecule has 9 heavy (non-hydrogen) atoms. The summed E-state index contributed by atoms with van der Waals surface area (Å²) in [4.78, 5) is 3.81. The summed E-state index contributed by atoms with van der Waals surface area (Å²) >= 11 is 0. The summed E-state index contributed by atoms with van der Waals surface area (Å²) in [5, 5.41) is 7.18. The minimum Gasteiger partial charge on any atom is -0.387 e. The maximum atomic E-state index is 7.18. The molecule has 1 aliphatic heterocycles. The van der Waals surface area contributed by atoms with Gasteiger partial charge in [-0.15, -0.1) is 0 Å². The van der Waals surface area contributed by atoms with Gasteiger partial charge in [-0.25, -0.2) is 4.99 Å². The van der Waals surface area contributed by atoms with E-state index in [0.717, 1.165) is 12.8 Å². The van der Waals surface area contributed by atoms with Crippen LogP contribution in [-0.2, 0) is 0 Å². The topological polar surface area (TPSA) is 62.2 Å². The third-order valence-corrected chi connectivity index (χ3v) is 1.38. The molecule has 3 nitrogen and oxygen atoms in total. The minimum absolute atomic E-state index is 0.422. The predicted octanol–water partition coefficient (Wildman–Crippen LogP) is 0.751. The van der Waals surface area contributed by atoms with Gasteiger partial charge in [-0.1, -0.05) is 6.92 Å². The maximum Gasteiger partial charge on any atom is 0.122 e. The molecule has 1 atom stereocenters. The fourth-order valence-electron chi connectivity index (χ4n) is 1.02. The normalized spacial score (nSPS) is 27.9. The average Bonchev–Trinajstić information content (AvgIpc) is 1.59. The minimum atomic E-state index is 0.422. The van der Waals surface area contributed by atoms with Crippen LogP contribution in [0.15, 0.2) is 4.99 Å². The first-order valence-electron chi connectivity index (χ1n) is 3.09. The van der Waals surface area contributed by atoms with Crippen molar-refractivity contribution in [2.24, 2.45) is 16.6 Å². The molecular weight excluding hydrogens is 114 g/mol. The summed E-state index contributed by atoms with van der Waals surface area (Å²) in [5.41, 5.74) is 5.42. The number of nitrogens with zero attached hydrogens (tertiary/aromatic N) is 1. The van der Waals surface area contributed by atoms with E-state index in [1.165, 1.54) is 0 Å². The highest BCUT2D eigenvalue weighted by atomic mass is 14.9. The fraction of sp³-hybridized carbons (Fsp3) is 0.667. The number of hydrogen-bond acceptors (Lipinski definition) is 2. The number of rotatable bonds is 0. The molecule has 0 spiro atoms. The van der Waals surface area contributed by atoms with Crippen LogP contribution in [0.3, 0.4) is 0 Å². The van der Waals surface area contributed by atoms with Crippen molar-refractivity contribution in [3.63, 3.8) is 0 Å². The third-order valence-electron chi connectivity index (χ3n) is 1.38. The predicted molar refractivity (Wildman–Crippen MR) is 37.7 cm³/mol. The molecule has 0 bridgehead atoms. The SMILES string of the molecule is CC1CC(=N)N=C(N)C1. The van der Waals surface area contributed by atoms with Gasteiger partial charge in [0.1, 0.15) is 11.7 Å². The first-order chi connectivity index (χ1) is 4.18. The fourth-order valence-corrected chi connectivity index (χ4v) is 1.02. The van der Waals surface area contributed by atoms with Crippen LogP contribution in [0.1, 0.15) is 19.8 Å². The lowest BCUT2D eigenvalue weighted by Gasteiger charge is -2.14. The number of hydrogen-bond donors (Lipinski definition) is 2. The van der Waals surface area contributed by atoms with Gasteiger partial charge < -0.3 is 5.73 Å². The molecular formula is C6H11N3. The molecule has 3 N–H and O–H groups in total. The van der Waals surface area contributed by atoms with Crippen molar-refractivity contribution in [1.82, 2.24) is 0 Å². The van der Waals surface area contributed by atoms with Gasteiger partial charge in [-0.3, -0.25) is 5.41 Å². The Balaban J connectivity index is 2.67. The van der Waals surface area contributed by atoms with Gasteiger partial charge in [0.25, 0.3) is 0 Å². The first-order valence-corrected chi connectivity index (χ1v) is 3.09. The maximum absolute atomic E-state index is 7.18. The van der Waals surface area contributed by atoms with Crippen molar-refractivity contribution >= 4 is 11.7 Å². The van der Waals surface area contributed by atoms with Crippen LogP contribution in [0.5, 0.6) is 0 Å². The van der Waals surface area contributed by atoms with E-state index in [-0.39, 0.29) is 0 Å². The van der Waals surface area contributed by atoms with E-state index in [2.05, 4.69) is 11.9 Å². The molecule has 1 heterocycles. The highest BCUT2D eigenvalue weighted by Gasteiger charge is 2.12. The van der Waals surface area contributed by atoms with Crippen molar-refractivity contribution in [2.45, 2.75) is 19.8 Å². The zero-order chi connectivity index (χ0) is 6.85. The summed E-state index contributed by atoms with van der Waals surface area (Å²) in [6.07, 6.45) is 1.63. The Bertz CT molecular complexity index is 160. The van der Waals surface area contributed by atoms with Crippen molar-refractivity contribution < 1.29 is 0 Å². The van der Waals surface area contributed by atoms with Gasteiger partial charge in [0, 0.05) is 12.8 Å². The summed E-state index contributed by atoms with van der Waals surface area (Å²) in [5.74, 6) is 1.54. The molecule has 1 rings (SSSR count). The summed E-state index contributed by atoms with van der Waals surface area (Å²) < 4.78 is 0. The number of aliphatic imine (C=N–C) groups is 1. The number of nitrogens with one attached hydrogen (secondary N) is 1. The molecule has 0 aromatic rings. The molecule has 1 aliphatic rings. The molecule has 3 heteroatoms. The van der Waals surface area contributed by atoms with Crippen molar-refractivity contribution in [1.29, 1.82) is 5.41 Å². The van der Waals surface area contributed by atoms with Crippen LogP contribution in [0.25, 0.3) is 0 Å². The van der Waals surface area contributed by atoms with Gasteiger partial charge >= 0.3 is 0 Å². The number of amidine groups is 2. The highest BCUT2D eigenvalue weighted by Crippen LogP contribution is 2.12. The van der Waals surface area contributed by atoms with E-state index in [1.807, 2.05) is 0 Å². The second-order valence-corrected chi connectivity index (χ2v) is 2.56. The lowest BCUT2D eigenvalue weighted by atomic mass is 10.0. The van der Waals surface area contributed by atoms with E-state index in [1.54, 1.807) is 0 Å². The zero-order valence-electron chi connectivity index (χ0n) is 5.52. The molecule has 0 saturated heterocycles. The molecule has 0 saturated carbocycles. The second-order valence-electron chi connectivity index (χ2n) is 2.56. The smallest absolute Gasteiger partial charge is 0.122 e. The first kappa shape index (κ1) is 6.26. The van der Waals surface area contributed by atoms with E-state index >= 15 is 0 Å². The summed E-state index contributed by atoms with van der Waals surface area (Å²) in [7, 11) is 0.